The van der Waals surface area contributed by atoms with Crippen molar-refractivity contribution in [2.45, 2.75) is 37.8 Å². The molecule has 2 N–H and O–H groups in total. The van der Waals surface area contributed by atoms with Gasteiger partial charge in [-0.2, -0.15) is 4.98 Å². The molecule has 2 aromatic carbocycles. The van der Waals surface area contributed by atoms with Crippen LogP contribution in [0.1, 0.15) is 36.6 Å². The largest absolute Gasteiger partial charge is 0.457 e. The molecule has 1 amide bonds. The minimum Gasteiger partial charge on any atom is -0.457 e. The van der Waals surface area contributed by atoms with Gasteiger partial charge in [0.05, 0.1) is 0 Å². The Morgan fingerprint density at radius 1 is 1.15 bits per heavy atom. The third-order valence-electron chi connectivity index (χ3n) is 6.18. The second kappa shape index (κ2) is 8.62. The zero-order valence-electron chi connectivity index (χ0n) is 18.3. The Kier molecular flexibility index (Phi) is 5.31. The molecule has 2 aliphatic rings. The van der Waals surface area contributed by atoms with Gasteiger partial charge in [0.15, 0.2) is 5.82 Å². The van der Waals surface area contributed by atoms with Gasteiger partial charge in [0, 0.05) is 48.2 Å². The first-order valence-corrected chi connectivity index (χ1v) is 12.1. The van der Waals surface area contributed by atoms with Crippen molar-refractivity contribution < 1.29 is 14.1 Å². The molecule has 9 nitrogen and oxygen atoms in total. The number of hydrogen-bond acceptors (Lipinski definition) is 9. The predicted octanol–water partition coefficient (Wildman–Crippen LogP) is 3.98. The molecule has 0 spiro atoms. The van der Waals surface area contributed by atoms with E-state index in [2.05, 4.69) is 20.3 Å². The average Bonchev–Trinajstić information content (AvgIpc) is 3.24. The average molecular weight is 475 g/mol. The molecule has 2 fully saturated rings. The first-order valence-electron chi connectivity index (χ1n) is 11.2. The molecule has 2 aromatic heterocycles. The number of amides is 1. The van der Waals surface area contributed by atoms with Gasteiger partial charge in [-0.1, -0.05) is 22.6 Å². The molecule has 0 radical (unpaired) electrons. The van der Waals surface area contributed by atoms with Crippen LogP contribution in [0.25, 0.3) is 22.0 Å². The number of likely N-dealkylation sites (tertiary alicyclic amines) is 1. The summed E-state index contributed by atoms with van der Waals surface area (Å²) in [5, 5.41) is 13.0. The first-order chi connectivity index (χ1) is 16.7. The molecule has 1 aliphatic heterocycles. The second-order valence-electron chi connectivity index (χ2n) is 8.53. The lowest BCUT2D eigenvalue weighted by atomic mass is 10.1. The second-order valence-corrected chi connectivity index (χ2v) is 9.37. The van der Waals surface area contributed by atoms with E-state index in [-0.39, 0.29) is 11.8 Å². The zero-order valence-corrected chi connectivity index (χ0v) is 19.1. The summed E-state index contributed by atoms with van der Waals surface area (Å²) in [5.41, 5.74) is 10.2. The van der Waals surface area contributed by atoms with Crippen molar-refractivity contribution in [2.24, 2.45) is 5.73 Å². The van der Waals surface area contributed by atoms with E-state index in [0.29, 0.717) is 48.8 Å². The molecule has 10 heteroatoms. The lowest BCUT2D eigenvalue weighted by Gasteiger charge is -2.14. The highest BCUT2D eigenvalue weighted by Gasteiger charge is 2.41. The molecule has 0 bridgehead atoms. The van der Waals surface area contributed by atoms with Crippen LogP contribution in [0, 0.1) is 0 Å². The van der Waals surface area contributed by atoms with Crippen LogP contribution >= 0.6 is 11.3 Å². The molecule has 6 rings (SSSR count). The lowest BCUT2D eigenvalue weighted by molar-refractivity contribution is -0.128. The van der Waals surface area contributed by atoms with E-state index in [1.807, 2.05) is 47.4 Å². The van der Waals surface area contributed by atoms with Gasteiger partial charge >= 0.3 is 0 Å². The minimum atomic E-state index is -0.0313. The Bertz CT molecular complexity index is 1320. The topological polar surface area (TPSA) is 120 Å². The summed E-state index contributed by atoms with van der Waals surface area (Å²) >= 11 is 1.48. The number of benzene rings is 2. The van der Waals surface area contributed by atoms with Crippen molar-refractivity contribution in [1.82, 2.24) is 25.2 Å². The van der Waals surface area contributed by atoms with E-state index in [4.69, 9.17) is 15.0 Å². The van der Waals surface area contributed by atoms with E-state index in [1.165, 1.54) is 11.3 Å². The van der Waals surface area contributed by atoms with Crippen LogP contribution in [0.4, 0.5) is 0 Å². The monoisotopic (exact) mass is 474 g/mol. The number of aromatic nitrogens is 4. The number of carbonyl (C=O) groups excluding carboxylic acids is 1. The molecule has 172 valence electrons. The molecule has 1 saturated carbocycles. The van der Waals surface area contributed by atoms with Crippen molar-refractivity contribution in [3.63, 3.8) is 0 Å². The van der Waals surface area contributed by atoms with E-state index >= 15 is 0 Å². The Balaban J connectivity index is 1.22. The quantitative estimate of drug-likeness (QED) is 0.427. The fourth-order valence-electron chi connectivity index (χ4n) is 4.20. The smallest absolute Gasteiger partial charge is 0.258 e. The van der Waals surface area contributed by atoms with Crippen LogP contribution in [0.2, 0.25) is 0 Å². The van der Waals surface area contributed by atoms with Crippen molar-refractivity contribution in [1.29, 1.82) is 0 Å². The van der Waals surface area contributed by atoms with Crippen LogP contribution in [0.5, 0.6) is 11.5 Å². The van der Waals surface area contributed by atoms with Gasteiger partial charge in [0.1, 0.15) is 22.0 Å². The van der Waals surface area contributed by atoms with Crippen molar-refractivity contribution >= 4 is 17.2 Å². The third kappa shape index (κ3) is 4.06. The lowest BCUT2D eigenvalue weighted by Crippen LogP contribution is -2.27. The van der Waals surface area contributed by atoms with Crippen molar-refractivity contribution in [3.05, 3.63) is 59.4 Å². The summed E-state index contributed by atoms with van der Waals surface area (Å²) in [4.78, 5) is 18.9. The van der Waals surface area contributed by atoms with Crippen LogP contribution in [-0.2, 0) is 11.3 Å². The Morgan fingerprint density at radius 3 is 2.71 bits per heavy atom. The van der Waals surface area contributed by atoms with Gasteiger partial charge in [-0.05, 0) is 49.2 Å². The van der Waals surface area contributed by atoms with Crippen LogP contribution in [-0.4, -0.2) is 43.7 Å². The van der Waals surface area contributed by atoms with Crippen LogP contribution in [0.15, 0.2) is 52.5 Å². The molecular weight excluding hydrogens is 452 g/mol. The number of nitrogens with zero attached hydrogens (tertiary/aromatic N) is 5. The summed E-state index contributed by atoms with van der Waals surface area (Å²) in [5.74, 6) is 2.42. The van der Waals surface area contributed by atoms with Crippen LogP contribution < -0.4 is 10.5 Å². The summed E-state index contributed by atoms with van der Waals surface area (Å²) in [6.07, 6.45) is 2.62. The van der Waals surface area contributed by atoms with Gasteiger partial charge in [0.2, 0.25) is 5.91 Å². The standard InChI is InChI=1S/C24H22N6O3S/c25-11-16-2-1-15(9-20(16)32-19-7-3-14(4-8-19)24-28-26-13-34-24)23-27-22(29-33-23)17-10-21(31)30(12-17)18-5-6-18/h1-4,7-9,13,17-18H,5-6,10-12,25H2/t17-/m0/s1. The molecule has 0 unspecified atom stereocenters. The number of carbonyl (C=O) groups is 1. The maximum absolute atomic E-state index is 12.3. The Labute approximate surface area is 199 Å². The maximum atomic E-state index is 12.3. The van der Waals surface area contributed by atoms with E-state index in [1.54, 1.807) is 5.51 Å². The number of rotatable bonds is 7. The summed E-state index contributed by atoms with van der Waals surface area (Å²) in [7, 11) is 0. The van der Waals surface area contributed by atoms with Gasteiger partial charge in [-0.25, -0.2) is 0 Å². The summed E-state index contributed by atoms with van der Waals surface area (Å²) in [6, 6.07) is 13.7. The van der Waals surface area contributed by atoms with Crippen molar-refractivity contribution in [3.8, 4) is 33.5 Å². The molecule has 1 saturated heterocycles. The predicted molar refractivity (Wildman–Crippen MR) is 125 cm³/mol. The van der Waals surface area contributed by atoms with Gasteiger partial charge in [-0.15, -0.1) is 10.2 Å². The normalized spacial score (nSPS) is 18.0. The molecule has 1 aliphatic carbocycles. The zero-order chi connectivity index (χ0) is 23.1. The van der Waals surface area contributed by atoms with Crippen molar-refractivity contribution in [2.75, 3.05) is 6.54 Å². The van der Waals surface area contributed by atoms with E-state index < -0.39 is 0 Å². The minimum absolute atomic E-state index is 0.0313. The summed E-state index contributed by atoms with van der Waals surface area (Å²) in [6.45, 7) is 0.991. The fraction of sp³-hybridized carbons (Fsp3) is 0.292. The Morgan fingerprint density at radius 2 is 1.97 bits per heavy atom. The van der Waals surface area contributed by atoms with Gasteiger partial charge < -0.3 is 19.9 Å². The first kappa shape index (κ1) is 20.9. The maximum Gasteiger partial charge on any atom is 0.258 e. The van der Waals surface area contributed by atoms with Gasteiger partial charge in [-0.3, -0.25) is 4.79 Å². The molecule has 4 aromatic rings. The molecule has 3 heterocycles. The Hall–Kier alpha value is -3.63. The fourth-order valence-corrected chi connectivity index (χ4v) is 4.76. The highest BCUT2D eigenvalue weighted by atomic mass is 32.1. The van der Waals surface area contributed by atoms with E-state index in [0.717, 1.165) is 34.5 Å². The molecular formula is C24H22N6O3S. The molecule has 34 heavy (non-hydrogen) atoms. The molecule has 1 atom stereocenters. The number of nitrogens with two attached hydrogens (primary N) is 1. The highest BCUT2D eigenvalue weighted by Crippen LogP contribution is 2.37. The third-order valence-corrected chi connectivity index (χ3v) is 6.92. The summed E-state index contributed by atoms with van der Waals surface area (Å²) < 4.78 is 11.7. The van der Waals surface area contributed by atoms with E-state index in [9.17, 15) is 4.79 Å². The van der Waals surface area contributed by atoms with Crippen LogP contribution in [0.3, 0.4) is 0 Å². The highest BCUT2D eigenvalue weighted by molar-refractivity contribution is 7.12. The SMILES string of the molecule is NCc1ccc(-c2nc([C@H]3CC(=O)N(C4CC4)C3)no2)cc1Oc1ccc(-c2nncs2)cc1. The van der Waals surface area contributed by atoms with Gasteiger partial charge in [0.25, 0.3) is 5.89 Å². The number of ether oxygens (including phenoxy) is 1. The number of hydrogen-bond donors (Lipinski definition) is 1.